The third kappa shape index (κ3) is 2.97. The van der Waals surface area contributed by atoms with Crippen LogP contribution in [0, 0.1) is 11.3 Å². The van der Waals surface area contributed by atoms with Crippen LogP contribution in [-0.4, -0.2) is 17.7 Å². The summed E-state index contributed by atoms with van der Waals surface area (Å²) < 4.78 is 4.85. The van der Waals surface area contributed by atoms with Crippen molar-refractivity contribution < 1.29 is 14.6 Å². The predicted octanol–water partition coefficient (Wildman–Crippen LogP) is 1.93. The molecule has 1 aromatic rings. The Bertz CT molecular complexity index is 460. The van der Waals surface area contributed by atoms with Crippen molar-refractivity contribution in [2.75, 3.05) is 6.61 Å². The van der Waals surface area contributed by atoms with E-state index >= 15 is 0 Å². The van der Waals surface area contributed by atoms with Gasteiger partial charge in [-0.15, -0.1) is 0 Å². The summed E-state index contributed by atoms with van der Waals surface area (Å²) in [5, 5.41) is 18.7. The summed E-state index contributed by atoms with van der Waals surface area (Å²) in [6, 6.07) is 5.02. The molecule has 0 aliphatic rings. The first-order valence-corrected chi connectivity index (χ1v) is 5.53. The normalized spacial score (nSPS) is 9.71. The Balaban J connectivity index is 3.15. The summed E-state index contributed by atoms with van der Waals surface area (Å²) in [7, 11) is 0. The number of hydrogen-bond donors (Lipinski definition) is 1. The molecule has 0 saturated carbocycles. The van der Waals surface area contributed by atoms with E-state index in [1.807, 2.05) is 13.0 Å². The Morgan fingerprint density at radius 3 is 2.65 bits per heavy atom. The number of nitriles is 1. The van der Waals surface area contributed by atoms with Crippen molar-refractivity contribution in [1.29, 1.82) is 5.26 Å². The van der Waals surface area contributed by atoms with Crippen LogP contribution in [0.2, 0.25) is 0 Å². The summed E-state index contributed by atoms with van der Waals surface area (Å²) >= 11 is 0. The molecule has 0 bridgehead atoms. The molecule has 0 saturated heterocycles. The van der Waals surface area contributed by atoms with E-state index in [1.54, 1.807) is 6.92 Å². The number of ether oxygens (including phenoxy) is 1. The van der Waals surface area contributed by atoms with Crippen LogP contribution in [0.1, 0.15) is 30.5 Å². The van der Waals surface area contributed by atoms with E-state index in [4.69, 9.17) is 10.00 Å². The third-order valence-corrected chi connectivity index (χ3v) is 2.51. The summed E-state index contributed by atoms with van der Waals surface area (Å²) in [6.45, 7) is 3.90. The Labute approximate surface area is 100 Å². The summed E-state index contributed by atoms with van der Waals surface area (Å²) in [4.78, 5) is 11.4. The lowest BCUT2D eigenvalue weighted by Gasteiger charge is -2.11. The van der Waals surface area contributed by atoms with Crippen LogP contribution in [-0.2, 0) is 22.4 Å². The Morgan fingerprint density at radius 1 is 1.41 bits per heavy atom. The van der Waals surface area contributed by atoms with Gasteiger partial charge in [0.1, 0.15) is 5.75 Å². The van der Waals surface area contributed by atoms with Crippen molar-refractivity contribution >= 4 is 5.97 Å². The maximum absolute atomic E-state index is 11.4. The maximum Gasteiger partial charge on any atom is 0.310 e. The topological polar surface area (TPSA) is 70.3 Å². The van der Waals surface area contributed by atoms with Crippen LogP contribution < -0.4 is 0 Å². The monoisotopic (exact) mass is 233 g/mol. The largest absolute Gasteiger partial charge is 0.508 e. The number of carbonyl (C=O) groups excluding carboxylic acids is 1. The molecule has 4 nitrogen and oxygen atoms in total. The van der Waals surface area contributed by atoms with Gasteiger partial charge < -0.3 is 9.84 Å². The second kappa shape index (κ2) is 5.90. The van der Waals surface area contributed by atoms with Gasteiger partial charge in [-0.1, -0.05) is 6.92 Å². The van der Waals surface area contributed by atoms with Crippen LogP contribution in [0.3, 0.4) is 0 Å². The van der Waals surface area contributed by atoms with E-state index < -0.39 is 0 Å². The third-order valence-electron chi connectivity index (χ3n) is 2.51. The summed E-state index contributed by atoms with van der Waals surface area (Å²) in [5.74, 6) is -0.268. The molecule has 17 heavy (non-hydrogen) atoms. The number of nitrogens with zero attached hydrogens (tertiary/aromatic N) is 1. The molecule has 0 aliphatic heterocycles. The molecule has 0 spiro atoms. The predicted molar refractivity (Wildman–Crippen MR) is 62.5 cm³/mol. The van der Waals surface area contributed by atoms with E-state index in [0.717, 1.165) is 0 Å². The number of carbonyl (C=O) groups is 1. The zero-order valence-electron chi connectivity index (χ0n) is 9.99. The average molecular weight is 233 g/mol. The van der Waals surface area contributed by atoms with Gasteiger partial charge in [0.15, 0.2) is 0 Å². The van der Waals surface area contributed by atoms with Gasteiger partial charge >= 0.3 is 5.97 Å². The molecule has 0 unspecified atom stereocenters. The first-order chi connectivity index (χ1) is 8.13. The number of phenolic OH excluding ortho intramolecular Hbond substituents is 1. The molecular weight excluding hydrogens is 218 g/mol. The fraction of sp³-hybridized carbons (Fsp3) is 0.385. The zero-order chi connectivity index (χ0) is 12.8. The molecule has 1 N–H and O–H groups in total. The highest BCUT2D eigenvalue weighted by Crippen LogP contribution is 2.25. The fourth-order valence-corrected chi connectivity index (χ4v) is 1.74. The van der Waals surface area contributed by atoms with Crippen LogP contribution >= 0.6 is 0 Å². The molecule has 0 aromatic heterocycles. The lowest BCUT2D eigenvalue weighted by molar-refractivity contribution is -0.142. The number of aromatic hydroxyl groups is 1. The van der Waals surface area contributed by atoms with Gasteiger partial charge in [-0.3, -0.25) is 4.79 Å². The zero-order valence-corrected chi connectivity index (χ0v) is 9.99. The number of phenols is 1. The van der Waals surface area contributed by atoms with Crippen molar-refractivity contribution in [2.45, 2.75) is 26.7 Å². The smallest absolute Gasteiger partial charge is 0.310 e. The first kappa shape index (κ1) is 13.0. The van der Waals surface area contributed by atoms with E-state index in [0.29, 0.717) is 29.7 Å². The van der Waals surface area contributed by atoms with Gasteiger partial charge in [0.2, 0.25) is 0 Å². The minimum absolute atomic E-state index is 0.0221. The highest BCUT2D eigenvalue weighted by molar-refractivity contribution is 5.74. The van der Waals surface area contributed by atoms with Crippen LogP contribution in [0.4, 0.5) is 0 Å². The molecule has 1 rings (SSSR count). The Hall–Kier alpha value is -2.02. The van der Waals surface area contributed by atoms with Crippen LogP contribution in [0.25, 0.3) is 0 Å². The van der Waals surface area contributed by atoms with Gasteiger partial charge in [0, 0.05) is 0 Å². The molecule has 0 radical (unpaired) electrons. The van der Waals surface area contributed by atoms with Gasteiger partial charge in [0.05, 0.1) is 24.7 Å². The van der Waals surface area contributed by atoms with Crippen LogP contribution in [0.5, 0.6) is 5.75 Å². The summed E-state index contributed by atoms with van der Waals surface area (Å²) in [5.41, 5.74) is 1.61. The quantitative estimate of drug-likeness (QED) is 0.807. The van der Waals surface area contributed by atoms with E-state index in [9.17, 15) is 9.90 Å². The molecule has 0 aliphatic carbocycles. The Kier molecular flexibility index (Phi) is 4.53. The number of rotatable bonds is 4. The van der Waals surface area contributed by atoms with Gasteiger partial charge in [0.25, 0.3) is 0 Å². The lowest BCUT2D eigenvalue weighted by atomic mass is 9.96. The molecule has 0 amide bonds. The number of esters is 1. The van der Waals surface area contributed by atoms with Crippen molar-refractivity contribution in [3.63, 3.8) is 0 Å². The standard InChI is InChI=1S/C13H15NO3/c1-3-10-11(7-13(16)17-4-2)9(8-14)5-6-12(10)15/h5-6,15H,3-4,7H2,1-2H3. The molecule has 0 fully saturated rings. The minimum Gasteiger partial charge on any atom is -0.508 e. The van der Waals surface area contributed by atoms with E-state index in [1.165, 1.54) is 12.1 Å². The molecule has 90 valence electrons. The second-order valence-electron chi connectivity index (χ2n) is 3.54. The lowest BCUT2D eigenvalue weighted by Crippen LogP contribution is -2.10. The van der Waals surface area contributed by atoms with Crippen molar-refractivity contribution in [1.82, 2.24) is 0 Å². The molecule has 0 heterocycles. The molecule has 1 aromatic carbocycles. The van der Waals surface area contributed by atoms with Gasteiger partial charge in [-0.2, -0.15) is 5.26 Å². The molecule has 0 atom stereocenters. The average Bonchev–Trinajstić information content (AvgIpc) is 2.30. The highest BCUT2D eigenvalue weighted by Gasteiger charge is 2.15. The van der Waals surface area contributed by atoms with Gasteiger partial charge in [-0.25, -0.2) is 0 Å². The summed E-state index contributed by atoms with van der Waals surface area (Å²) in [6.07, 6.45) is 0.588. The van der Waals surface area contributed by atoms with E-state index in [2.05, 4.69) is 0 Å². The fourth-order valence-electron chi connectivity index (χ4n) is 1.74. The SMILES string of the molecule is CCOC(=O)Cc1c(C#N)ccc(O)c1CC. The first-order valence-electron chi connectivity index (χ1n) is 5.53. The number of benzene rings is 1. The van der Waals surface area contributed by atoms with Crippen LogP contribution in [0.15, 0.2) is 12.1 Å². The highest BCUT2D eigenvalue weighted by atomic mass is 16.5. The van der Waals surface area contributed by atoms with E-state index in [-0.39, 0.29) is 18.1 Å². The van der Waals surface area contributed by atoms with Crippen molar-refractivity contribution in [2.24, 2.45) is 0 Å². The number of hydrogen-bond acceptors (Lipinski definition) is 4. The van der Waals surface area contributed by atoms with Crippen molar-refractivity contribution in [3.05, 3.63) is 28.8 Å². The second-order valence-corrected chi connectivity index (χ2v) is 3.54. The molecular formula is C13H15NO3. The van der Waals surface area contributed by atoms with Gasteiger partial charge in [-0.05, 0) is 36.6 Å². The Morgan fingerprint density at radius 2 is 2.12 bits per heavy atom. The minimum atomic E-state index is -0.385. The molecule has 4 heteroatoms. The maximum atomic E-state index is 11.4. The van der Waals surface area contributed by atoms with Crippen molar-refractivity contribution in [3.8, 4) is 11.8 Å².